The maximum absolute atomic E-state index is 11.6. The van der Waals surface area contributed by atoms with Gasteiger partial charge >= 0.3 is 0 Å². The topological polar surface area (TPSA) is 57.6 Å². The fourth-order valence-corrected chi connectivity index (χ4v) is 5.03. The van der Waals surface area contributed by atoms with Gasteiger partial charge in [0.1, 0.15) is 0 Å². The van der Waals surface area contributed by atoms with Crippen molar-refractivity contribution in [2.75, 3.05) is 31.1 Å². The van der Waals surface area contributed by atoms with Gasteiger partial charge in [-0.15, -0.1) is 0 Å². The summed E-state index contributed by atoms with van der Waals surface area (Å²) >= 11 is 0. The van der Waals surface area contributed by atoms with Crippen LogP contribution in [0, 0.1) is 11.8 Å². The molecule has 1 saturated carbocycles. The third kappa shape index (κ3) is 4.71. The molecule has 2 fully saturated rings. The first-order chi connectivity index (χ1) is 9.50. The lowest BCUT2D eigenvalue weighted by atomic mass is 9.77. The largest absolute Gasteiger partial charge is 0.393 e. The highest BCUT2D eigenvalue weighted by atomic mass is 32.2. The number of sulfone groups is 1. The van der Waals surface area contributed by atoms with Crippen molar-refractivity contribution in [1.29, 1.82) is 0 Å². The predicted octanol–water partition coefficient (Wildman–Crippen LogP) is 1.68. The maximum atomic E-state index is 11.6. The molecule has 1 saturated heterocycles. The smallest absolute Gasteiger partial charge is 0.151 e. The van der Waals surface area contributed by atoms with Gasteiger partial charge in [-0.2, -0.15) is 0 Å². The van der Waals surface area contributed by atoms with E-state index in [1.165, 1.54) is 12.8 Å². The molecule has 3 atom stereocenters. The molecule has 0 aromatic rings. The summed E-state index contributed by atoms with van der Waals surface area (Å²) in [5.41, 5.74) is 0. The van der Waals surface area contributed by atoms with Crippen LogP contribution in [0.3, 0.4) is 0 Å². The summed E-state index contributed by atoms with van der Waals surface area (Å²) in [5.74, 6) is 1.70. The molecule has 5 heteroatoms. The van der Waals surface area contributed by atoms with Gasteiger partial charge in [0, 0.05) is 13.1 Å². The Kier molecular flexibility index (Phi) is 5.87. The van der Waals surface area contributed by atoms with Gasteiger partial charge < -0.3 is 10.0 Å². The van der Waals surface area contributed by atoms with Gasteiger partial charge in [0.2, 0.25) is 0 Å². The van der Waals surface area contributed by atoms with Crippen molar-refractivity contribution < 1.29 is 13.5 Å². The van der Waals surface area contributed by atoms with E-state index < -0.39 is 9.84 Å². The van der Waals surface area contributed by atoms with Crippen LogP contribution in [-0.4, -0.2) is 55.7 Å². The molecule has 2 aliphatic rings. The summed E-state index contributed by atoms with van der Waals surface area (Å²) in [5, 5.41) is 10.2. The third-order valence-electron chi connectivity index (χ3n) is 4.89. The molecule has 0 spiro atoms. The number of hydrogen-bond donors (Lipinski definition) is 1. The third-order valence-corrected chi connectivity index (χ3v) is 6.60. The molecule has 0 bridgehead atoms. The van der Waals surface area contributed by atoms with Crippen LogP contribution in [-0.2, 0) is 9.84 Å². The second-order valence-electron chi connectivity index (χ2n) is 6.60. The number of rotatable bonds is 4. The summed E-state index contributed by atoms with van der Waals surface area (Å²) in [4.78, 5) is 2.26. The first-order valence-corrected chi connectivity index (χ1v) is 9.93. The SMILES string of the molecule is CCCC1CCC(O)C(CN2CCCS(=O)(=O)CC2)C1. The van der Waals surface area contributed by atoms with E-state index in [2.05, 4.69) is 11.8 Å². The quantitative estimate of drug-likeness (QED) is 0.858. The van der Waals surface area contributed by atoms with Gasteiger partial charge in [0.15, 0.2) is 9.84 Å². The van der Waals surface area contributed by atoms with E-state index in [-0.39, 0.29) is 11.9 Å². The summed E-state index contributed by atoms with van der Waals surface area (Å²) in [6, 6.07) is 0. The van der Waals surface area contributed by atoms with Crippen molar-refractivity contribution in [2.24, 2.45) is 11.8 Å². The second kappa shape index (κ2) is 7.23. The Morgan fingerprint density at radius 1 is 1.20 bits per heavy atom. The molecule has 1 heterocycles. The number of nitrogens with zero attached hydrogens (tertiary/aromatic N) is 1. The van der Waals surface area contributed by atoms with Crippen molar-refractivity contribution in [3.8, 4) is 0 Å². The van der Waals surface area contributed by atoms with Crippen LogP contribution in [0.5, 0.6) is 0 Å². The van der Waals surface area contributed by atoms with E-state index >= 15 is 0 Å². The van der Waals surface area contributed by atoms with E-state index in [1.807, 2.05) is 0 Å². The molecule has 0 aromatic heterocycles. The van der Waals surface area contributed by atoms with Gasteiger partial charge in [-0.25, -0.2) is 8.42 Å². The average molecular weight is 303 g/mol. The number of aliphatic hydroxyl groups is 1. The highest BCUT2D eigenvalue weighted by Crippen LogP contribution is 2.32. The summed E-state index contributed by atoms with van der Waals surface area (Å²) in [7, 11) is -2.83. The summed E-state index contributed by atoms with van der Waals surface area (Å²) in [6.45, 7) is 4.60. The molecule has 4 nitrogen and oxygen atoms in total. The van der Waals surface area contributed by atoms with Gasteiger partial charge in [-0.05, 0) is 44.1 Å². The number of hydrogen-bond acceptors (Lipinski definition) is 4. The Morgan fingerprint density at radius 2 is 2.00 bits per heavy atom. The molecule has 1 aliphatic carbocycles. The van der Waals surface area contributed by atoms with Crippen LogP contribution in [0.25, 0.3) is 0 Å². The molecule has 1 aliphatic heterocycles. The fraction of sp³-hybridized carbons (Fsp3) is 1.00. The Labute approximate surface area is 123 Å². The number of aliphatic hydroxyl groups excluding tert-OH is 1. The van der Waals surface area contributed by atoms with Crippen LogP contribution >= 0.6 is 0 Å². The lowest BCUT2D eigenvalue weighted by molar-refractivity contribution is 0.0270. The zero-order valence-corrected chi connectivity index (χ0v) is 13.4. The summed E-state index contributed by atoms with van der Waals surface area (Å²) in [6.07, 6.45) is 6.21. The summed E-state index contributed by atoms with van der Waals surface area (Å²) < 4.78 is 23.3. The van der Waals surface area contributed by atoms with Gasteiger partial charge in [-0.1, -0.05) is 19.8 Å². The van der Waals surface area contributed by atoms with Crippen LogP contribution in [0.1, 0.15) is 45.4 Å². The molecular weight excluding hydrogens is 274 g/mol. The Bertz CT molecular complexity index is 396. The molecule has 3 unspecified atom stereocenters. The van der Waals surface area contributed by atoms with Crippen molar-refractivity contribution >= 4 is 9.84 Å². The lowest BCUT2D eigenvalue weighted by Crippen LogP contribution is -2.40. The van der Waals surface area contributed by atoms with Crippen LogP contribution in [0.2, 0.25) is 0 Å². The van der Waals surface area contributed by atoms with E-state index in [4.69, 9.17) is 0 Å². The van der Waals surface area contributed by atoms with E-state index in [9.17, 15) is 13.5 Å². The lowest BCUT2D eigenvalue weighted by Gasteiger charge is -2.36. The van der Waals surface area contributed by atoms with Gasteiger partial charge in [0.25, 0.3) is 0 Å². The molecule has 0 radical (unpaired) electrons. The molecule has 118 valence electrons. The molecule has 1 N–H and O–H groups in total. The van der Waals surface area contributed by atoms with Crippen molar-refractivity contribution in [1.82, 2.24) is 4.90 Å². The second-order valence-corrected chi connectivity index (χ2v) is 8.90. The minimum absolute atomic E-state index is 0.192. The predicted molar refractivity (Wildman–Crippen MR) is 81.5 cm³/mol. The molecular formula is C15H29NO3S. The zero-order chi connectivity index (χ0) is 14.6. The Balaban J connectivity index is 1.87. The minimum atomic E-state index is -2.83. The zero-order valence-electron chi connectivity index (χ0n) is 12.6. The Morgan fingerprint density at radius 3 is 2.75 bits per heavy atom. The van der Waals surface area contributed by atoms with Crippen LogP contribution in [0.4, 0.5) is 0 Å². The van der Waals surface area contributed by atoms with Crippen molar-refractivity contribution in [2.45, 2.75) is 51.6 Å². The minimum Gasteiger partial charge on any atom is -0.393 e. The monoisotopic (exact) mass is 303 g/mol. The normalized spacial score (nSPS) is 35.6. The van der Waals surface area contributed by atoms with Crippen LogP contribution in [0.15, 0.2) is 0 Å². The molecule has 2 rings (SSSR count). The first kappa shape index (κ1) is 16.2. The fourth-order valence-electron chi connectivity index (χ4n) is 3.72. The van der Waals surface area contributed by atoms with Gasteiger partial charge in [-0.3, -0.25) is 0 Å². The van der Waals surface area contributed by atoms with Crippen molar-refractivity contribution in [3.63, 3.8) is 0 Å². The van der Waals surface area contributed by atoms with Gasteiger partial charge in [0.05, 0.1) is 17.6 Å². The molecule has 0 aromatic carbocycles. The first-order valence-electron chi connectivity index (χ1n) is 8.11. The van der Waals surface area contributed by atoms with E-state index in [1.54, 1.807) is 0 Å². The van der Waals surface area contributed by atoms with E-state index in [0.717, 1.165) is 44.7 Å². The Hall–Kier alpha value is -0.130. The highest BCUT2D eigenvalue weighted by Gasteiger charge is 2.31. The average Bonchev–Trinajstić information content (AvgIpc) is 2.55. The van der Waals surface area contributed by atoms with Crippen molar-refractivity contribution in [3.05, 3.63) is 0 Å². The maximum Gasteiger partial charge on any atom is 0.151 e. The van der Waals surface area contributed by atoms with Crippen LogP contribution < -0.4 is 0 Å². The molecule has 20 heavy (non-hydrogen) atoms. The highest BCUT2D eigenvalue weighted by molar-refractivity contribution is 7.91. The standard InChI is InChI=1S/C15H29NO3S/c1-2-4-13-5-6-15(17)14(11-13)12-16-7-3-9-20(18,19)10-8-16/h13-15,17H,2-12H2,1H3. The van der Waals surface area contributed by atoms with E-state index in [0.29, 0.717) is 18.2 Å². The molecule has 0 amide bonds.